The number of hydrogen-bond acceptors (Lipinski definition) is 4. The standard InChI is InChI=1S/C11H7BrN2O2S/c12-6-4-7-10(13-5-6)14-11(15)9(16-7)8-2-1-3-17-8/h1-5,9H,(H,13,14,15). The molecule has 0 fully saturated rings. The largest absolute Gasteiger partial charge is 0.471 e. The van der Waals surface area contributed by atoms with Crippen molar-refractivity contribution in [2.75, 3.05) is 5.32 Å². The second-order valence-electron chi connectivity index (χ2n) is 3.50. The van der Waals surface area contributed by atoms with Crippen molar-refractivity contribution in [2.45, 2.75) is 6.10 Å². The second-order valence-corrected chi connectivity index (χ2v) is 5.40. The molecule has 1 N–H and O–H groups in total. The minimum Gasteiger partial charge on any atom is -0.471 e. The number of anilines is 1. The van der Waals surface area contributed by atoms with Crippen LogP contribution in [0.4, 0.5) is 5.82 Å². The zero-order chi connectivity index (χ0) is 11.8. The predicted molar refractivity (Wildman–Crippen MR) is 68.3 cm³/mol. The molecule has 1 unspecified atom stereocenters. The monoisotopic (exact) mass is 310 g/mol. The first-order valence-electron chi connectivity index (χ1n) is 4.90. The fourth-order valence-electron chi connectivity index (χ4n) is 1.59. The molecular weight excluding hydrogens is 304 g/mol. The van der Waals surface area contributed by atoms with E-state index in [-0.39, 0.29) is 5.91 Å². The van der Waals surface area contributed by atoms with Gasteiger partial charge in [-0.2, -0.15) is 0 Å². The summed E-state index contributed by atoms with van der Waals surface area (Å²) in [6, 6.07) is 5.57. The molecule has 86 valence electrons. The highest BCUT2D eigenvalue weighted by Gasteiger charge is 2.30. The number of rotatable bonds is 1. The zero-order valence-electron chi connectivity index (χ0n) is 8.51. The lowest BCUT2D eigenvalue weighted by atomic mass is 10.2. The van der Waals surface area contributed by atoms with Crippen molar-refractivity contribution < 1.29 is 9.53 Å². The molecule has 3 heterocycles. The van der Waals surface area contributed by atoms with Crippen LogP contribution in [0.3, 0.4) is 0 Å². The van der Waals surface area contributed by atoms with Crippen LogP contribution < -0.4 is 10.1 Å². The number of ether oxygens (including phenoxy) is 1. The molecule has 2 aromatic heterocycles. The Morgan fingerprint density at radius 1 is 1.53 bits per heavy atom. The summed E-state index contributed by atoms with van der Waals surface area (Å²) in [4.78, 5) is 16.8. The van der Waals surface area contributed by atoms with Gasteiger partial charge in [0.05, 0.1) is 4.88 Å². The van der Waals surface area contributed by atoms with Gasteiger partial charge in [0, 0.05) is 10.7 Å². The van der Waals surface area contributed by atoms with Gasteiger partial charge >= 0.3 is 0 Å². The summed E-state index contributed by atoms with van der Waals surface area (Å²) in [7, 11) is 0. The van der Waals surface area contributed by atoms with Crippen molar-refractivity contribution in [3.8, 4) is 5.75 Å². The highest BCUT2D eigenvalue weighted by Crippen LogP contribution is 2.36. The normalized spacial score (nSPS) is 18.2. The Bertz CT molecular complexity index is 571. The molecule has 2 aromatic rings. The van der Waals surface area contributed by atoms with Crippen LogP contribution in [0.5, 0.6) is 5.75 Å². The third-order valence-electron chi connectivity index (χ3n) is 2.35. The minimum absolute atomic E-state index is 0.185. The Morgan fingerprint density at radius 3 is 3.18 bits per heavy atom. The summed E-state index contributed by atoms with van der Waals surface area (Å²) in [6.07, 6.45) is 1.03. The molecule has 0 saturated heterocycles. The van der Waals surface area contributed by atoms with Crippen molar-refractivity contribution in [3.63, 3.8) is 0 Å². The van der Waals surface area contributed by atoms with Gasteiger partial charge in [0.25, 0.3) is 5.91 Å². The van der Waals surface area contributed by atoms with E-state index in [9.17, 15) is 4.79 Å². The van der Waals surface area contributed by atoms with Crippen molar-refractivity contribution in [3.05, 3.63) is 39.1 Å². The summed E-state index contributed by atoms with van der Waals surface area (Å²) >= 11 is 4.82. The first-order chi connectivity index (χ1) is 8.24. The third kappa shape index (κ3) is 1.94. The molecule has 0 radical (unpaired) electrons. The summed E-state index contributed by atoms with van der Waals surface area (Å²) in [6.45, 7) is 0. The molecule has 6 heteroatoms. The number of pyridine rings is 1. The first kappa shape index (κ1) is 10.7. The van der Waals surface area contributed by atoms with Gasteiger partial charge in [0.1, 0.15) is 0 Å². The maximum absolute atomic E-state index is 11.9. The van der Waals surface area contributed by atoms with Gasteiger partial charge in [-0.15, -0.1) is 11.3 Å². The van der Waals surface area contributed by atoms with Gasteiger partial charge in [-0.3, -0.25) is 4.79 Å². The van der Waals surface area contributed by atoms with E-state index in [1.807, 2.05) is 17.5 Å². The van der Waals surface area contributed by atoms with E-state index < -0.39 is 6.10 Å². The van der Waals surface area contributed by atoms with E-state index in [0.29, 0.717) is 11.6 Å². The van der Waals surface area contributed by atoms with Crippen LogP contribution in [0.25, 0.3) is 0 Å². The number of halogens is 1. The molecular formula is C11H7BrN2O2S. The number of fused-ring (bicyclic) bond motifs is 1. The van der Waals surface area contributed by atoms with E-state index >= 15 is 0 Å². The Kier molecular flexibility index (Phi) is 2.60. The summed E-state index contributed by atoms with van der Waals surface area (Å²) in [5.74, 6) is 0.859. The molecule has 17 heavy (non-hydrogen) atoms. The van der Waals surface area contributed by atoms with Gasteiger partial charge < -0.3 is 10.1 Å². The van der Waals surface area contributed by atoms with E-state index in [1.165, 1.54) is 11.3 Å². The number of carbonyl (C=O) groups excluding carboxylic acids is 1. The van der Waals surface area contributed by atoms with Gasteiger partial charge in [-0.1, -0.05) is 6.07 Å². The van der Waals surface area contributed by atoms with Crippen LogP contribution >= 0.6 is 27.3 Å². The lowest BCUT2D eigenvalue weighted by Crippen LogP contribution is -2.30. The number of nitrogens with zero attached hydrogens (tertiary/aromatic N) is 1. The van der Waals surface area contributed by atoms with Crippen molar-refractivity contribution >= 4 is 39.0 Å². The third-order valence-corrected chi connectivity index (χ3v) is 3.69. The van der Waals surface area contributed by atoms with Crippen LogP contribution in [0, 0.1) is 0 Å². The van der Waals surface area contributed by atoms with E-state index in [2.05, 4.69) is 26.2 Å². The SMILES string of the molecule is O=C1Nc2ncc(Br)cc2OC1c1cccs1. The smallest absolute Gasteiger partial charge is 0.272 e. The molecule has 1 aliphatic rings. The van der Waals surface area contributed by atoms with Crippen molar-refractivity contribution in [1.29, 1.82) is 0 Å². The maximum atomic E-state index is 11.9. The molecule has 0 bridgehead atoms. The lowest BCUT2D eigenvalue weighted by molar-refractivity contribution is -0.123. The van der Waals surface area contributed by atoms with Crippen LogP contribution in [0.1, 0.15) is 11.0 Å². The van der Waals surface area contributed by atoms with Crippen LogP contribution in [-0.4, -0.2) is 10.9 Å². The van der Waals surface area contributed by atoms with E-state index in [1.54, 1.807) is 12.3 Å². The number of nitrogens with one attached hydrogen (secondary N) is 1. The van der Waals surface area contributed by atoms with Crippen LogP contribution in [0.2, 0.25) is 0 Å². The molecule has 3 rings (SSSR count). The number of hydrogen-bond donors (Lipinski definition) is 1. The van der Waals surface area contributed by atoms with Gasteiger partial charge in [-0.25, -0.2) is 4.98 Å². The Hall–Kier alpha value is -1.40. The average molecular weight is 311 g/mol. The van der Waals surface area contributed by atoms with Crippen LogP contribution in [0.15, 0.2) is 34.2 Å². The van der Waals surface area contributed by atoms with Crippen molar-refractivity contribution in [1.82, 2.24) is 4.98 Å². The predicted octanol–water partition coefficient (Wildman–Crippen LogP) is 2.98. The second kappa shape index (κ2) is 4.12. The molecule has 1 amide bonds. The molecule has 0 aliphatic carbocycles. The van der Waals surface area contributed by atoms with E-state index in [0.717, 1.165) is 9.35 Å². The molecule has 0 spiro atoms. The minimum atomic E-state index is -0.585. The average Bonchev–Trinajstić information content (AvgIpc) is 2.82. The maximum Gasteiger partial charge on any atom is 0.272 e. The van der Waals surface area contributed by atoms with Gasteiger partial charge in [0.15, 0.2) is 11.6 Å². The molecule has 0 aromatic carbocycles. The Morgan fingerprint density at radius 2 is 2.41 bits per heavy atom. The molecule has 0 saturated carbocycles. The van der Waals surface area contributed by atoms with Gasteiger partial charge in [-0.05, 0) is 33.4 Å². The van der Waals surface area contributed by atoms with E-state index in [4.69, 9.17) is 4.74 Å². The molecule has 1 atom stereocenters. The highest BCUT2D eigenvalue weighted by molar-refractivity contribution is 9.10. The summed E-state index contributed by atoms with van der Waals surface area (Å²) in [5, 5.41) is 4.65. The van der Waals surface area contributed by atoms with Crippen LogP contribution in [-0.2, 0) is 4.79 Å². The number of carbonyl (C=O) groups is 1. The number of aromatic nitrogens is 1. The van der Waals surface area contributed by atoms with Crippen molar-refractivity contribution in [2.24, 2.45) is 0 Å². The molecule has 1 aliphatic heterocycles. The Labute approximate surface area is 110 Å². The highest BCUT2D eigenvalue weighted by atomic mass is 79.9. The summed E-state index contributed by atoms with van der Waals surface area (Å²) in [5.41, 5.74) is 0. The number of amides is 1. The fraction of sp³-hybridized carbons (Fsp3) is 0.0909. The first-order valence-corrected chi connectivity index (χ1v) is 6.58. The summed E-state index contributed by atoms with van der Waals surface area (Å²) < 4.78 is 6.49. The van der Waals surface area contributed by atoms with Gasteiger partial charge in [0.2, 0.25) is 6.10 Å². The lowest BCUT2D eigenvalue weighted by Gasteiger charge is -2.24. The Balaban J connectivity index is 1.99. The quantitative estimate of drug-likeness (QED) is 0.881. The topological polar surface area (TPSA) is 51.2 Å². The number of thiophene rings is 1. The fourth-order valence-corrected chi connectivity index (χ4v) is 2.66. The molecule has 4 nitrogen and oxygen atoms in total. The zero-order valence-corrected chi connectivity index (χ0v) is 10.9.